The minimum Gasteiger partial charge on any atom is -0.351 e. The van der Waals surface area contributed by atoms with E-state index in [4.69, 9.17) is 0 Å². The Hall–Kier alpha value is -4.57. The number of anilines is 2. The third-order valence-corrected chi connectivity index (χ3v) is 6.58. The monoisotopic (exact) mass is 493 g/mol. The summed E-state index contributed by atoms with van der Waals surface area (Å²) in [6, 6.07) is 15.4. The van der Waals surface area contributed by atoms with E-state index in [1.165, 1.54) is 0 Å². The van der Waals surface area contributed by atoms with Gasteiger partial charge in [0, 0.05) is 80.6 Å². The number of imidazole rings is 1. The van der Waals surface area contributed by atoms with E-state index in [1.807, 2.05) is 66.0 Å². The summed E-state index contributed by atoms with van der Waals surface area (Å²) >= 11 is 0. The zero-order valence-electron chi connectivity index (χ0n) is 20.3. The summed E-state index contributed by atoms with van der Waals surface area (Å²) in [4.78, 5) is 38.2. The zero-order valence-corrected chi connectivity index (χ0v) is 20.3. The standard InChI is InChI=1S/C27H27N9O/c37-26(36-15-13-34(14-16-36)11-12-35-10-9-28-19-35)25-18-20-17-21(4-5-22(20)32-25)31-27-30-8-6-24(33-27)23-3-1-2-7-29-23/h1-10,17-19,32H,11-16H2,(H,30,31,33). The highest BCUT2D eigenvalue weighted by Gasteiger charge is 2.23. The molecule has 37 heavy (non-hydrogen) atoms. The molecule has 10 heteroatoms. The number of hydrogen-bond acceptors (Lipinski definition) is 7. The third-order valence-electron chi connectivity index (χ3n) is 6.58. The first-order valence-corrected chi connectivity index (χ1v) is 12.3. The minimum atomic E-state index is 0.0337. The molecule has 0 radical (unpaired) electrons. The summed E-state index contributed by atoms with van der Waals surface area (Å²) in [6.45, 7) is 5.03. The molecule has 1 aliphatic heterocycles. The number of aromatic nitrogens is 6. The van der Waals surface area contributed by atoms with Crippen LogP contribution < -0.4 is 5.32 Å². The van der Waals surface area contributed by atoms with Gasteiger partial charge in [0.1, 0.15) is 5.69 Å². The zero-order chi connectivity index (χ0) is 25.0. The van der Waals surface area contributed by atoms with E-state index >= 15 is 0 Å². The molecule has 0 bridgehead atoms. The Morgan fingerprint density at radius 2 is 1.84 bits per heavy atom. The van der Waals surface area contributed by atoms with Gasteiger partial charge in [-0.3, -0.25) is 14.7 Å². The first-order valence-electron chi connectivity index (χ1n) is 12.3. The maximum absolute atomic E-state index is 13.2. The van der Waals surface area contributed by atoms with Gasteiger partial charge in [-0.05, 0) is 42.5 Å². The smallest absolute Gasteiger partial charge is 0.270 e. The van der Waals surface area contributed by atoms with Crippen molar-refractivity contribution in [2.45, 2.75) is 6.54 Å². The number of carbonyl (C=O) groups is 1. The van der Waals surface area contributed by atoms with Crippen molar-refractivity contribution >= 4 is 28.4 Å². The van der Waals surface area contributed by atoms with E-state index in [9.17, 15) is 4.79 Å². The summed E-state index contributed by atoms with van der Waals surface area (Å²) < 4.78 is 2.08. The fourth-order valence-electron chi connectivity index (χ4n) is 4.55. The second kappa shape index (κ2) is 10.2. The molecule has 5 aromatic rings. The predicted molar refractivity (Wildman–Crippen MR) is 141 cm³/mol. The fraction of sp³-hybridized carbons (Fsp3) is 0.222. The molecule has 10 nitrogen and oxygen atoms in total. The number of rotatable bonds is 7. The largest absolute Gasteiger partial charge is 0.351 e. The SMILES string of the molecule is O=C(c1cc2cc(Nc3nccc(-c4ccccn4)n3)ccc2[nH]1)N1CCN(CCn2ccnc2)CC1. The van der Waals surface area contributed by atoms with Crippen molar-refractivity contribution in [3.05, 3.63) is 85.3 Å². The molecule has 0 atom stereocenters. The molecule has 2 N–H and O–H groups in total. The third kappa shape index (κ3) is 5.19. The number of aromatic amines is 1. The summed E-state index contributed by atoms with van der Waals surface area (Å²) in [5.74, 6) is 0.520. The molecule has 0 spiro atoms. The fourth-order valence-corrected chi connectivity index (χ4v) is 4.55. The molecule has 0 aliphatic carbocycles. The number of carbonyl (C=O) groups excluding carboxylic acids is 1. The maximum atomic E-state index is 13.2. The van der Waals surface area contributed by atoms with Crippen LogP contribution in [-0.2, 0) is 6.54 Å². The lowest BCUT2D eigenvalue weighted by Crippen LogP contribution is -2.49. The van der Waals surface area contributed by atoms with Crippen LogP contribution in [0.2, 0.25) is 0 Å². The van der Waals surface area contributed by atoms with E-state index in [1.54, 1.807) is 18.6 Å². The number of nitrogens with zero attached hydrogens (tertiary/aromatic N) is 7. The molecule has 6 rings (SSSR count). The first-order chi connectivity index (χ1) is 18.2. The van der Waals surface area contributed by atoms with E-state index in [0.717, 1.165) is 67.2 Å². The van der Waals surface area contributed by atoms with Gasteiger partial charge >= 0.3 is 0 Å². The molecule has 186 valence electrons. The highest BCUT2D eigenvalue weighted by molar-refractivity contribution is 5.98. The van der Waals surface area contributed by atoms with Crippen LogP contribution in [0.5, 0.6) is 0 Å². The maximum Gasteiger partial charge on any atom is 0.270 e. The Morgan fingerprint density at radius 1 is 0.919 bits per heavy atom. The van der Waals surface area contributed by atoms with E-state index in [2.05, 4.69) is 39.7 Å². The minimum absolute atomic E-state index is 0.0337. The number of nitrogens with one attached hydrogen (secondary N) is 2. The number of amides is 1. The van der Waals surface area contributed by atoms with Gasteiger partial charge in [0.15, 0.2) is 0 Å². The van der Waals surface area contributed by atoms with Gasteiger partial charge in [-0.2, -0.15) is 0 Å². The number of fused-ring (bicyclic) bond motifs is 1. The second-order valence-corrected chi connectivity index (χ2v) is 9.02. The van der Waals surface area contributed by atoms with Gasteiger partial charge in [0.25, 0.3) is 5.91 Å². The number of hydrogen-bond donors (Lipinski definition) is 2. The Kier molecular flexibility index (Phi) is 6.30. The van der Waals surface area contributed by atoms with Crippen molar-refractivity contribution in [3.8, 4) is 11.4 Å². The predicted octanol–water partition coefficient (Wildman–Crippen LogP) is 3.42. The Morgan fingerprint density at radius 3 is 2.65 bits per heavy atom. The van der Waals surface area contributed by atoms with Crippen molar-refractivity contribution in [1.29, 1.82) is 0 Å². The lowest BCUT2D eigenvalue weighted by Gasteiger charge is -2.34. The molecular formula is C27H27N9O. The first kappa shape index (κ1) is 22.9. The number of pyridine rings is 1. The molecule has 1 saturated heterocycles. The molecule has 4 aromatic heterocycles. The summed E-state index contributed by atoms with van der Waals surface area (Å²) in [5, 5.41) is 4.22. The van der Waals surface area contributed by atoms with Crippen LogP contribution >= 0.6 is 0 Å². The Bertz CT molecular complexity index is 1490. The van der Waals surface area contributed by atoms with Gasteiger partial charge < -0.3 is 19.8 Å². The second-order valence-electron chi connectivity index (χ2n) is 9.02. The Labute approximate surface area is 214 Å². The quantitative estimate of drug-likeness (QED) is 0.358. The van der Waals surface area contributed by atoms with Crippen molar-refractivity contribution < 1.29 is 4.79 Å². The average Bonchev–Trinajstić information content (AvgIpc) is 3.62. The normalized spacial score (nSPS) is 14.2. The van der Waals surface area contributed by atoms with Gasteiger partial charge in [-0.25, -0.2) is 15.0 Å². The van der Waals surface area contributed by atoms with E-state index in [0.29, 0.717) is 11.6 Å². The molecule has 1 amide bonds. The van der Waals surface area contributed by atoms with E-state index < -0.39 is 0 Å². The topological polar surface area (TPSA) is 108 Å². The molecule has 0 saturated carbocycles. The molecule has 1 aromatic carbocycles. The van der Waals surface area contributed by atoms with Gasteiger partial charge in [0.05, 0.1) is 17.7 Å². The lowest BCUT2D eigenvalue weighted by atomic mass is 10.2. The van der Waals surface area contributed by atoms with Crippen molar-refractivity contribution in [3.63, 3.8) is 0 Å². The van der Waals surface area contributed by atoms with Crippen LogP contribution in [0.25, 0.3) is 22.3 Å². The summed E-state index contributed by atoms with van der Waals surface area (Å²) in [6.07, 6.45) is 9.06. The average molecular weight is 494 g/mol. The van der Waals surface area contributed by atoms with Crippen molar-refractivity contribution in [2.75, 3.05) is 38.0 Å². The molecule has 1 aliphatic rings. The molecule has 0 unspecified atom stereocenters. The van der Waals surface area contributed by atoms with Gasteiger partial charge in [-0.15, -0.1) is 0 Å². The van der Waals surface area contributed by atoms with E-state index in [-0.39, 0.29) is 5.91 Å². The number of piperazine rings is 1. The van der Waals surface area contributed by atoms with Crippen LogP contribution in [0.4, 0.5) is 11.6 Å². The van der Waals surface area contributed by atoms with Crippen molar-refractivity contribution in [2.24, 2.45) is 0 Å². The molecular weight excluding hydrogens is 466 g/mol. The Balaban J connectivity index is 1.10. The van der Waals surface area contributed by atoms with Crippen LogP contribution in [-0.4, -0.2) is 77.9 Å². The highest BCUT2D eigenvalue weighted by Crippen LogP contribution is 2.24. The number of benzene rings is 1. The van der Waals surface area contributed by atoms with Crippen LogP contribution in [0.1, 0.15) is 10.5 Å². The van der Waals surface area contributed by atoms with Gasteiger partial charge in [-0.1, -0.05) is 6.07 Å². The van der Waals surface area contributed by atoms with Gasteiger partial charge in [0.2, 0.25) is 5.95 Å². The summed E-state index contributed by atoms with van der Waals surface area (Å²) in [7, 11) is 0. The molecule has 5 heterocycles. The van der Waals surface area contributed by atoms with Crippen LogP contribution in [0, 0.1) is 0 Å². The highest BCUT2D eigenvalue weighted by atomic mass is 16.2. The number of H-pyrrole nitrogens is 1. The summed E-state index contributed by atoms with van der Waals surface area (Å²) in [5.41, 5.74) is 3.89. The molecule has 1 fully saturated rings. The van der Waals surface area contributed by atoms with Crippen LogP contribution in [0.15, 0.2) is 79.6 Å². The van der Waals surface area contributed by atoms with Crippen molar-refractivity contribution in [1.82, 2.24) is 39.3 Å². The van der Waals surface area contributed by atoms with Crippen LogP contribution in [0.3, 0.4) is 0 Å². The lowest BCUT2D eigenvalue weighted by molar-refractivity contribution is 0.0628.